The lowest BCUT2D eigenvalue weighted by Gasteiger charge is -2.40. The molecule has 0 radical (unpaired) electrons. The number of aromatic nitrogens is 4. The van der Waals surface area contributed by atoms with Gasteiger partial charge in [-0.15, -0.1) is 0 Å². The quantitative estimate of drug-likeness (QED) is 0.315. The fourth-order valence-electron chi connectivity index (χ4n) is 3.31. The van der Waals surface area contributed by atoms with Gasteiger partial charge in [0.15, 0.2) is 17.7 Å². The van der Waals surface area contributed by atoms with Gasteiger partial charge in [0.2, 0.25) is 0 Å². The van der Waals surface area contributed by atoms with Crippen LogP contribution >= 0.6 is 0 Å². The van der Waals surface area contributed by atoms with E-state index in [-0.39, 0.29) is 5.75 Å². The molecule has 0 aliphatic carbocycles. The van der Waals surface area contributed by atoms with Gasteiger partial charge in [-0.25, -0.2) is 15.0 Å². The Balaban J connectivity index is 1.66. The first kappa shape index (κ1) is 19.5. The fourth-order valence-corrected chi connectivity index (χ4v) is 3.31. The zero-order valence-corrected chi connectivity index (χ0v) is 15.2. The van der Waals surface area contributed by atoms with Crippen molar-refractivity contribution in [3.63, 3.8) is 0 Å². The highest BCUT2D eigenvalue weighted by Gasteiger charge is 2.44. The average Bonchev–Trinajstić information content (AvgIpc) is 3.16. The van der Waals surface area contributed by atoms with E-state index in [2.05, 4.69) is 20.3 Å². The highest BCUT2D eigenvalue weighted by molar-refractivity contribution is 5.83. The Kier molecular flexibility index (Phi) is 5.30. The summed E-state index contributed by atoms with van der Waals surface area (Å²) in [4.78, 5) is 12.5. The van der Waals surface area contributed by atoms with E-state index in [1.54, 1.807) is 24.3 Å². The lowest BCUT2D eigenvalue weighted by molar-refractivity contribution is -0.250. The fraction of sp³-hybridized carbons (Fsp3) is 0.389. The molecular formula is C18H21N5O6. The van der Waals surface area contributed by atoms with E-state index >= 15 is 0 Å². The highest BCUT2D eigenvalue weighted by Crippen LogP contribution is 2.32. The molecule has 3 aromatic rings. The summed E-state index contributed by atoms with van der Waals surface area (Å²) in [6, 6.07) is 6.67. The number of nitrogens with one attached hydrogen (secondary N) is 1. The second-order valence-corrected chi connectivity index (χ2v) is 6.79. The van der Waals surface area contributed by atoms with Crippen molar-refractivity contribution in [2.24, 2.45) is 0 Å². The molecule has 3 heterocycles. The lowest BCUT2D eigenvalue weighted by Crippen LogP contribution is -2.56. The number of hydrogen-bond acceptors (Lipinski definition) is 10. The Morgan fingerprint density at radius 2 is 1.76 bits per heavy atom. The van der Waals surface area contributed by atoms with Gasteiger partial charge in [0.05, 0.1) is 6.61 Å². The second-order valence-electron chi connectivity index (χ2n) is 6.79. The van der Waals surface area contributed by atoms with E-state index in [1.807, 2.05) is 0 Å². The molecule has 6 N–H and O–H groups in total. The molecule has 0 amide bonds. The number of imidazole rings is 1. The minimum Gasteiger partial charge on any atom is -0.508 e. The van der Waals surface area contributed by atoms with Crippen LogP contribution in [0.1, 0.15) is 11.8 Å². The number of anilines is 1. The van der Waals surface area contributed by atoms with Crippen molar-refractivity contribution in [2.45, 2.75) is 37.2 Å². The molecule has 1 aromatic carbocycles. The maximum Gasteiger partial charge on any atom is 0.183 e. The van der Waals surface area contributed by atoms with Crippen molar-refractivity contribution in [1.29, 1.82) is 0 Å². The summed E-state index contributed by atoms with van der Waals surface area (Å²) in [6.45, 7) is -0.136. The molecular weight excluding hydrogens is 382 g/mol. The summed E-state index contributed by atoms with van der Waals surface area (Å²) in [5.41, 5.74) is 1.66. The molecule has 29 heavy (non-hydrogen) atoms. The van der Waals surface area contributed by atoms with Crippen molar-refractivity contribution in [2.75, 3.05) is 11.9 Å². The third kappa shape index (κ3) is 3.61. The number of phenolic OH excluding ortho intramolecular Hbond substituents is 1. The normalized spacial score (nSPS) is 27.2. The van der Waals surface area contributed by atoms with Gasteiger partial charge in [-0.3, -0.25) is 4.57 Å². The van der Waals surface area contributed by atoms with Crippen LogP contribution in [0.25, 0.3) is 11.2 Å². The van der Waals surface area contributed by atoms with E-state index in [0.29, 0.717) is 23.5 Å². The molecule has 154 valence electrons. The van der Waals surface area contributed by atoms with Gasteiger partial charge < -0.3 is 35.6 Å². The van der Waals surface area contributed by atoms with Crippen molar-refractivity contribution in [1.82, 2.24) is 19.5 Å². The van der Waals surface area contributed by atoms with E-state index in [4.69, 9.17) is 4.74 Å². The van der Waals surface area contributed by atoms with Gasteiger partial charge in [0.25, 0.3) is 0 Å². The topological polar surface area (TPSA) is 166 Å². The Bertz CT molecular complexity index is 979. The number of aromatic hydroxyl groups is 1. The first-order valence-corrected chi connectivity index (χ1v) is 8.99. The summed E-state index contributed by atoms with van der Waals surface area (Å²) in [7, 11) is 0. The summed E-state index contributed by atoms with van der Waals surface area (Å²) in [6.07, 6.45) is -3.87. The number of ether oxygens (including phenoxy) is 1. The third-order valence-corrected chi connectivity index (χ3v) is 4.90. The standard InChI is InChI=1S/C18H21N5O6/c24-6-11-13(26)14(27)15(28)18(29-11)23-8-22-17-12(23)16(20-7-21-17)19-5-9-1-3-10(25)4-2-9/h1-4,7-8,11,13-15,18,24-28H,5-6H2,(H,19,20,21)/t11-,13-,14+,15-,18-/m1/s1. The molecule has 0 bridgehead atoms. The van der Waals surface area contributed by atoms with Crippen LogP contribution in [-0.4, -0.2) is 76.1 Å². The van der Waals surface area contributed by atoms with Crippen molar-refractivity contribution in [3.8, 4) is 5.75 Å². The smallest absolute Gasteiger partial charge is 0.183 e. The maximum absolute atomic E-state index is 10.4. The SMILES string of the molecule is OC[C@H]1O[C@@H](n2cnc3ncnc(NCc4ccc(O)cc4)c32)[C@H](O)[C@@H](O)[C@@H]1O. The van der Waals surface area contributed by atoms with Crippen molar-refractivity contribution in [3.05, 3.63) is 42.5 Å². The van der Waals surface area contributed by atoms with Crippen molar-refractivity contribution < 1.29 is 30.3 Å². The molecule has 11 nitrogen and oxygen atoms in total. The molecule has 1 fully saturated rings. The Morgan fingerprint density at radius 1 is 1.00 bits per heavy atom. The van der Waals surface area contributed by atoms with Gasteiger partial charge in [-0.05, 0) is 17.7 Å². The molecule has 1 saturated heterocycles. The van der Waals surface area contributed by atoms with Crippen LogP contribution < -0.4 is 5.32 Å². The Hall–Kier alpha value is -2.83. The summed E-state index contributed by atoms with van der Waals surface area (Å²) in [5, 5.41) is 52.5. The lowest BCUT2D eigenvalue weighted by atomic mass is 9.98. The summed E-state index contributed by atoms with van der Waals surface area (Å²) >= 11 is 0. The average molecular weight is 403 g/mol. The molecule has 1 aliphatic rings. The zero-order valence-electron chi connectivity index (χ0n) is 15.2. The number of aliphatic hydroxyl groups excluding tert-OH is 4. The van der Waals surface area contributed by atoms with Gasteiger partial charge in [0, 0.05) is 6.54 Å². The van der Waals surface area contributed by atoms with E-state index in [0.717, 1.165) is 5.56 Å². The maximum atomic E-state index is 10.4. The minimum atomic E-state index is -1.51. The third-order valence-electron chi connectivity index (χ3n) is 4.90. The van der Waals surface area contributed by atoms with Gasteiger partial charge >= 0.3 is 0 Å². The monoisotopic (exact) mass is 403 g/mol. The molecule has 0 saturated carbocycles. The molecule has 0 spiro atoms. The first-order chi connectivity index (χ1) is 14.0. The Morgan fingerprint density at radius 3 is 2.48 bits per heavy atom. The van der Waals surface area contributed by atoms with Gasteiger partial charge in [-0.2, -0.15) is 0 Å². The zero-order chi connectivity index (χ0) is 20.5. The molecule has 11 heteroatoms. The van der Waals surface area contributed by atoms with Crippen LogP contribution in [0.3, 0.4) is 0 Å². The van der Waals surface area contributed by atoms with Crippen molar-refractivity contribution >= 4 is 17.0 Å². The number of nitrogens with zero attached hydrogens (tertiary/aromatic N) is 4. The summed E-state index contributed by atoms with van der Waals surface area (Å²) < 4.78 is 7.07. The predicted molar refractivity (Wildman–Crippen MR) is 99.8 cm³/mol. The van der Waals surface area contributed by atoms with Crippen LogP contribution in [-0.2, 0) is 11.3 Å². The van der Waals surface area contributed by atoms with E-state index < -0.39 is 37.3 Å². The van der Waals surface area contributed by atoms with E-state index in [1.165, 1.54) is 17.2 Å². The van der Waals surface area contributed by atoms with Crippen LogP contribution in [0.15, 0.2) is 36.9 Å². The molecule has 4 rings (SSSR count). The molecule has 1 aliphatic heterocycles. The number of phenols is 1. The number of hydrogen-bond donors (Lipinski definition) is 6. The first-order valence-electron chi connectivity index (χ1n) is 8.99. The van der Waals surface area contributed by atoms with Crippen LogP contribution in [0, 0.1) is 0 Å². The van der Waals surface area contributed by atoms with Crippen LogP contribution in [0.5, 0.6) is 5.75 Å². The number of rotatable bonds is 5. The molecule has 0 unspecified atom stereocenters. The Labute approximate surface area is 164 Å². The predicted octanol–water partition coefficient (Wildman–Crippen LogP) is -0.884. The van der Waals surface area contributed by atoms with Gasteiger partial charge in [0.1, 0.15) is 48.3 Å². The largest absolute Gasteiger partial charge is 0.508 e. The number of benzene rings is 1. The van der Waals surface area contributed by atoms with E-state index in [9.17, 15) is 25.5 Å². The number of aliphatic hydroxyl groups is 4. The highest BCUT2D eigenvalue weighted by atomic mass is 16.6. The second kappa shape index (κ2) is 7.89. The number of fused-ring (bicyclic) bond motifs is 1. The molecule has 2 aromatic heterocycles. The van der Waals surface area contributed by atoms with Gasteiger partial charge in [-0.1, -0.05) is 12.1 Å². The van der Waals surface area contributed by atoms with Crippen LogP contribution in [0.2, 0.25) is 0 Å². The minimum absolute atomic E-state index is 0.166. The summed E-state index contributed by atoms with van der Waals surface area (Å²) in [5.74, 6) is 0.580. The molecule has 5 atom stereocenters. The van der Waals surface area contributed by atoms with Crippen LogP contribution in [0.4, 0.5) is 5.82 Å².